The van der Waals surface area contributed by atoms with E-state index in [1.54, 1.807) is 6.07 Å². The van der Waals surface area contributed by atoms with Gasteiger partial charge < -0.3 is 9.47 Å². The smallest absolute Gasteiger partial charge is 0.278 e. The lowest BCUT2D eigenvalue weighted by Gasteiger charge is -2.12. The van der Waals surface area contributed by atoms with Crippen LogP contribution in [0.15, 0.2) is 6.07 Å². The lowest BCUT2D eigenvalue weighted by atomic mass is 10.1. The molecule has 0 N–H and O–H groups in total. The van der Waals surface area contributed by atoms with Gasteiger partial charge in [0.25, 0.3) is 11.8 Å². The zero-order valence-electron chi connectivity index (χ0n) is 11.2. The normalized spacial score (nSPS) is 10.7. The summed E-state index contributed by atoms with van der Waals surface area (Å²) in [6, 6.07) is 1.56. The van der Waals surface area contributed by atoms with Crippen molar-refractivity contribution in [2.45, 2.75) is 6.42 Å². The Morgan fingerprint density at radius 1 is 1.19 bits per heavy atom. The third kappa shape index (κ3) is 3.15. The molecule has 0 radical (unpaired) electrons. The fourth-order valence-electron chi connectivity index (χ4n) is 1.84. The molecule has 0 atom stereocenters. The fourth-order valence-corrected chi connectivity index (χ4v) is 2.37. The Balaban J connectivity index is 2.74. The summed E-state index contributed by atoms with van der Waals surface area (Å²) in [5, 5.41) is 0.534. The maximum Gasteiger partial charge on any atom is 0.278 e. The predicted octanol–water partition coefficient (Wildman–Crippen LogP) is 3.30. The van der Waals surface area contributed by atoms with Crippen molar-refractivity contribution in [3.63, 3.8) is 0 Å². The quantitative estimate of drug-likeness (QED) is 0.775. The average Bonchev–Trinajstić information content (AvgIpc) is 2.50. The highest BCUT2D eigenvalue weighted by molar-refractivity contribution is 6.43. The molecule has 0 saturated carbocycles. The number of halogens is 3. The molecular weight excluding hydrogens is 339 g/mol. The number of Topliss-reactive ketones (excluding diaryl/α,β-unsaturated/α-hetero) is 1. The largest absolute Gasteiger partial charge is 0.477 e. The molecule has 0 bridgehead atoms. The van der Waals surface area contributed by atoms with Crippen molar-refractivity contribution in [2.24, 2.45) is 0 Å². The van der Waals surface area contributed by atoms with Crippen molar-refractivity contribution >= 4 is 51.6 Å². The monoisotopic (exact) mass is 348 g/mol. The minimum Gasteiger partial charge on any atom is -0.477 e. The van der Waals surface area contributed by atoms with E-state index in [0.29, 0.717) is 16.6 Å². The van der Waals surface area contributed by atoms with Crippen molar-refractivity contribution in [2.75, 3.05) is 20.1 Å². The lowest BCUT2D eigenvalue weighted by Crippen LogP contribution is -2.07. The van der Waals surface area contributed by atoms with E-state index in [0.717, 1.165) is 0 Å². The van der Waals surface area contributed by atoms with Gasteiger partial charge in [-0.2, -0.15) is 0 Å². The van der Waals surface area contributed by atoms with Crippen LogP contribution in [0.1, 0.15) is 5.56 Å². The molecule has 1 aromatic heterocycles. The first-order valence-electron chi connectivity index (χ1n) is 5.86. The van der Waals surface area contributed by atoms with Crippen LogP contribution in [0.3, 0.4) is 0 Å². The van der Waals surface area contributed by atoms with Crippen LogP contribution in [0.5, 0.6) is 11.8 Å². The molecule has 5 nitrogen and oxygen atoms in total. The van der Waals surface area contributed by atoms with Gasteiger partial charge in [-0.3, -0.25) is 4.79 Å². The van der Waals surface area contributed by atoms with Crippen molar-refractivity contribution < 1.29 is 14.3 Å². The van der Waals surface area contributed by atoms with Gasteiger partial charge in [0.15, 0.2) is 5.78 Å². The number of fused-ring (bicyclic) bond motifs is 1. The summed E-state index contributed by atoms with van der Waals surface area (Å²) in [5.41, 5.74) is 1.36. The lowest BCUT2D eigenvalue weighted by molar-refractivity contribution is -0.116. The Hall–Kier alpha value is -1.30. The van der Waals surface area contributed by atoms with Crippen molar-refractivity contribution in [1.82, 2.24) is 9.97 Å². The van der Waals surface area contributed by atoms with Gasteiger partial charge in [-0.25, -0.2) is 9.97 Å². The first-order valence-corrected chi connectivity index (χ1v) is 7.15. The molecule has 0 spiro atoms. The Bertz CT molecular complexity index is 707. The summed E-state index contributed by atoms with van der Waals surface area (Å²) in [6.45, 7) is 0. The number of methoxy groups -OCH3 is 2. The summed E-state index contributed by atoms with van der Waals surface area (Å²) in [5.74, 6) is 0.102. The Morgan fingerprint density at radius 2 is 1.81 bits per heavy atom. The van der Waals surface area contributed by atoms with Crippen LogP contribution in [0, 0.1) is 0 Å². The number of carbonyl (C=O) groups excluding carboxylic acids is 1. The summed E-state index contributed by atoms with van der Waals surface area (Å²) in [4.78, 5) is 20.2. The second-order valence-electron chi connectivity index (χ2n) is 4.11. The van der Waals surface area contributed by atoms with Gasteiger partial charge in [-0.15, -0.1) is 11.6 Å². The molecule has 21 heavy (non-hydrogen) atoms. The third-order valence-electron chi connectivity index (χ3n) is 2.79. The molecule has 0 aliphatic rings. The van der Waals surface area contributed by atoms with E-state index >= 15 is 0 Å². The zero-order valence-corrected chi connectivity index (χ0v) is 13.5. The molecule has 0 fully saturated rings. The second-order valence-corrected chi connectivity index (χ2v) is 5.16. The fraction of sp³-hybridized carbons (Fsp3) is 0.308. The molecule has 1 heterocycles. The van der Waals surface area contributed by atoms with Crippen LogP contribution < -0.4 is 9.47 Å². The first-order chi connectivity index (χ1) is 10.0. The molecule has 0 saturated heterocycles. The molecule has 0 unspecified atom stereocenters. The van der Waals surface area contributed by atoms with E-state index in [2.05, 4.69) is 9.97 Å². The highest BCUT2D eigenvalue weighted by Gasteiger charge is 2.19. The van der Waals surface area contributed by atoms with Gasteiger partial charge in [0.1, 0.15) is 0 Å². The molecule has 0 amide bonds. The van der Waals surface area contributed by atoms with Crippen LogP contribution in [0.2, 0.25) is 10.0 Å². The first kappa shape index (κ1) is 16.1. The summed E-state index contributed by atoms with van der Waals surface area (Å²) in [7, 11) is 2.90. The maximum absolute atomic E-state index is 11.6. The van der Waals surface area contributed by atoms with E-state index in [1.807, 2.05) is 0 Å². The topological polar surface area (TPSA) is 61.3 Å². The van der Waals surface area contributed by atoms with Gasteiger partial charge in [0.2, 0.25) is 0 Å². The average molecular weight is 350 g/mol. The van der Waals surface area contributed by atoms with Gasteiger partial charge in [-0.1, -0.05) is 23.2 Å². The molecule has 8 heteroatoms. The summed E-state index contributed by atoms with van der Waals surface area (Å²) >= 11 is 17.8. The number of rotatable bonds is 5. The summed E-state index contributed by atoms with van der Waals surface area (Å²) in [6.07, 6.45) is 0.0174. The molecular formula is C13H11Cl3N2O3. The van der Waals surface area contributed by atoms with Gasteiger partial charge >= 0.3 is 0 Å². The van der Waals surface area contributed by atoms with Crippen LogP contribution in [-0.4, -0.2) is 35.9 Å². The number of nitrogens with zero attached hydrogens (tertiary/aromatic N) is 2. The predicted molar refractivity (Wildman–Crippen MR) is 82.1 cm³/mol. The van der Waals surface area contributed by atoms with E-state index in [9.17, 15) is 4.79 Å². The zero-order chi connectivity index (χ0) is 15.6. The standard InChI is InChI=1S/C13H11Cl3N2O3/c1-20-12-13(21-2)18-11-7(3-6(19)5-14)10(16)8(15)4-9(11)17-12/h4H,3,5H2,1-2H3. The molecule has 2 rings (SSSR count). The van der Waals surface area contributed by atoms with Gasteiger partial charge in [0.05, 0.1) is 41.2 Å². The van der Waals surface area contributed by atoms with E-state index in [-0.39, 0.29) is 39.9 Å². The number of aromatic nitrogens is 2. The van der Waals surface area contributed by atoms with Crippen LogP contribution in [0.4, 0.5) is 0 Å². The van der Waals surface area contributed by atoms with Crippen molar-refractivity contribution in [3.05, 3.63) is 21.7 Å². The number of ether oxygens (including phenoxy) is 2. The van der Waals surface area contributed by atoms with E-state index < -0.39 is 0 Å². The van der Waals surface area contributed by atoms with Gasteiger partial charge in [-0.05, 0) is 6.07 Å². The molecule has 112 valence electrons. The maximum atomic E-state index is 11.6. The number of ketones is 1. The Labute approximate surface area is 136 Å². The number of benzene rings is 1. The molecule has 0 aliphatic carbocycles. The van der Waals surface area contributed by atoms with Crippen LogP contribution >= 0.6 is 34.8 Å². The minimum atomic E-state index is -0.196. The highest BCUT2D eigenvalue weighted by atomic mass is 35.5. The Kier molecular flexibility index (Phi) is 5.08. The van der Waals surface area contributed by atoms with Crippen LogP contribution in [0.25, 0.3) is 11.0 Å². The molecule has 1 aromatic carbocycles. The van der Waals surface area contributed by atoms with E-state index in [1.165, 1.54) is 14.2 Å². The van der Waals surface area contributed by atoms with Crippen molar-refractivity contribution in [1.29, 1.82) is 0 Å². The second kappa shape index (κ2) is 6.64. The number of hydrogen-bond acceptors (Lipinski definition) is 5. The van der Waals surface area contributed by atoms with E-state index in [4.69, 9.17) is 44.3 Å². The third-order valence-corrected chi connectivity index (χ3v) is 3.92. The summed E-state index contributed by atoms with van der Waals surface area (Å²) < 4.78 is 10.2. The minimum absolute atomic E-state index is 0.0174. The van der Waals surface area contributed by atoms with Gasteiger partial charge in [0, 0.05) is 12.0 Å². The van der Waals surface area contributed by atoms with Crippen LogP contribution in [-0.2, 0) is 11.2 Å². The number of hydrogen-bond donors (Lipinski definition) is 0. The molecule has 0 aliphatic heterocycles. The Morgan fingerprint density at radius 3 is 2.38 bits per heavy atom. The van der Waals surface area contributed by atoms with Crippen molar-refractivity contribution in [3.8, 4) is 11.8 Å². The SMILES string of the molecule is COc1nc2cc(Cl)c(Cl)c(CC(=O)CCl)c2nc1OC. The molecule has 2 aromatic rings. The number of carbonyl (C=O) groups is 1. The highest BCUT2D eigenvalue weighted by Crippen LogP contribution is 2.35. The number of alkyl halides is 1.